The molecule has 1 aliphatic rings. The maximum Gasteiger partial charge on any atom is 0.407 e. The predicted molar refractivity (Wildman–Crippen MR) is 142 cm³/mol. The molecule has 0 spiro atoms. The lowest BCUT2D eigenvalue weighted by molar-refractivity contribution is -0.143. The molecule has 0 radical (unpaired) electrons. The number of methoxy groups -OCH3 is 1. The Morgan fingerprint density at radius 3 is 2.13 bits per heavy atom. The van der Waals surface area contributed by atoms with Gasteiger partial charge in [-0.3, -0.25) is 9.59 Å². The number of hydrogen-bond acceptors (Lipinski definition) is 6. The molecule has 8 nitrogen and oxygen atoms in total. The number of amides is 2. The highest BCUT2D eigenvalue weighted by Crippen LogP contribution is 2.44. The number of alkyl carbamates (subject to hydrolysis) is 1. The standard InChI is InChI=1S/C30H30N2O6/c1-37-29(35)27(12-6-7-17-31-28(34)21-15-13-20(18-33)14-16-21)32-30(36)38-19-26-24-10-4-2-8-22(24)23-9-3-5-11-25(23)26/h2-5,8-11,13-16,18,26-27H,6-7,12,17,19H2,1H3,(H,31,34)(H,32,36). The zero-order valence-corrected chi connectivity index (χ0v) is 21.1. The van der Waals surface area contributed by atoms with Crippen molar-refractivity contribution in [1.82, 2.24) is 10.6 Å². The van der Waals surface area contributed by atoms with Gasteiger partial charge < -0.3 is 20.1 Å². The number of unbranched alkanes of at least 4 members (excludes halogenated alkanes) is 1. The van der Waals surface area contributed by atoms with Crippen molar-refractivity contribution in [2.75, 3.05) is 20.3 Å². The molecule has 0 heterocycles. The fourth-order valence-electron chi connectivity index (χ4n) is 4.66. The minimum Gasteiger partial charge on any atom is -0.467 e. The summed E-state index contributed by atoms with van der Waals surface area (Å²) in [7, 11) is 1.27. The predicted octanol–water partition coefficient (Wildman–Crippen LogP) is 4.48. The lowest BCUT2D eigenvalue weighted by Gasteiger charge is -2.18. The lowest BCUT2D eigenvalue weighted by Crippen LogP contribution is -2.42. The van der Waals surface area contributed by atoms with Crippen LogP contribution in [0.25, 0.3) is 11.1 Å². The number of benzene rings is 3. The van der Waals surface area contributed by atoms with Crippen LogP contribution in [0.2, 0.25) is 0 Å². The lowest BCUT2D eigenvalue weighted by atomic mass is 9.98. The second-order valence-corrected chi connectivity index (χ2v) is 9.04. The molecule has 0 fully saturated rings. The highest BCUT2D eigenvalue weighted by atomic mass is 16.6. The van der Waals surface area contributed by atoms with E-state index in [-0.39, 0.29) is 18.4 Å². The van der Waals surface area contributed by atoms with Gasteiger partial charge in [-0.2, -0.15) is 0 Å². The molecule has 2 N–H and O–H groups in total. The van der Waals surface area contributed by atoms with E-state index >= 15 is 0 Å². The second kappa shape index (κ2) is 12.7. The number of esters is 1. The Balaban J connectivity index is 1.24. The van der Waals surface area contributed by atoms with Crippen LogP contribution in [0.5, 0.6) is 0 Å². The molecule has 1 atom stereocenters. The number of nitrogens with one attached hydrogen (secondary N) is 2. The number of carbonyl (C=O) groups is 4. The van der Waals surface area contributed by atoms with E-state index < -0.39 is 18.1 Å². The average molecular weight is 515 g/mol. The Morgan fingerprint density at radius 1 is 0.895 bits per heavy atom. The summed E-state index contributed by atoms with van der Waals surface area (Å²) in [5.74, 6) is -0.885. The minimum atomic E-state index is -0.859. The third-order valence-corrected chi connectivity index (χ3v) is 6.64. The molecule has 196 valence electrons. The number of aldehydes is 1. The third kappa shape index (κ3) is 6.26. The maximum absolute atomic E-state index is 12.6. The molecule has 0 bridgehead atoms. The van der Waals surface area contributed by atoms with E-state index in [4.69, 9.17) is 9.47 Å². The first-order valence-corrected chi connectivity index (χ1v) is 12.5. The molecule has 4 rings (SSSR count). The van der Waals surface area contributed by atoms with E-state index in [1.165, 1.54) is 7.11 Å². The summed E-state index contributed by atoms with van der Waals surface area (Å²) in [6, 6.07) is 21.6. The third-order valence-electron chi connectivity index (χ3n) is 6.64. The van der Waals surface area contributed by atoms with Gasteiger partial charge in [-0.15, -0.1) is 0 Å². The van der Waals surface area contributed by atoms with Crippen molar-refractivity contribution in [3.8, 4) is 11.1 Å². The zero-order valence-electron chi connectivity index (χ0n) is 21.1. The molecule has 0 saturated carbocycles. The highest BCUT2D eigenvalue weighted by molar-refractivity contribution is 5.94. The fraction of sp³-hybridized carbons (Fsp3) is 0.267. The number of fused-ring (bicyclic) bond motifs is 3. The van der Waals surface area contributed by atoms with Crippen molar-refractivity contribution in [2.45, 2.75) is 31.2 Å². The van der Waals surface area contributed by atoms with Gasteiger partial charge in [-0.1, -0.05) is 60.7 Å². The first kappa shape index (κ1) is 26.6. The van der Waals surface area contributed by atoms with E-state index in [0.29, 0.717) is 36.9 Å². The quantitative estimate of drug-likeness (QED) is 0.222. The van der Waals surface area contributed by atoms with Gasteiger partial charge in [-0.25, -0.2) is 9.59 Å². The fourth-order valence-corrected chi connectivity index (χ4v) is 4.66. The van der Waals surface area contributed by atoms with Crippen LogP contribution in [0.4, 0.5) is 4.79 Å². The van der Waals surface area contributed by atoms with Crippen LogP contribution in [0.15, 0.2) is 72.8 Å². The number of rotatable bonds is 11. The summed E-state index contributed by atoms with van der Waals surface area (Å²) in [6.07, 6.45) is 1.53. The maximum atomic E-state index is 12.6. The average Bonchev–Trinajstić information content (AvgIpc) is 3.28. The Bertz CT molecular complexity index is 1260. The molecular weight excluding hydrogens is 484 g/mol. The minimum absolute atomic E-state index is 0.0806. The molecule has 1 unspecified atom stereocenters. The Hall–Kier alpha value is -4.46. The van der Waals surface area contributed by atoms with Gasteiger partial charge in [0.2, 0.25) is 0 Å². The Kier molecular flexibility index (Phi) is 8.87. The van der Waals surface area contributed by atoms with Crippen molar-refractivity contribution >= 4 is 24.3 Å². The number of carbonyl (C=O) groups excluding carboxylic acids is 4. The van der Waals surface area contributed by atoms with Crippen LogP contribution in [0.3, 0.4) is 0 Å². The van der Waals surface area contributed by atoms with Gasteiger partial charge in [0.25, 0.3) is 5.91 Å². The van der Waals surface area contributed by atoms with E-state index in [9.17, 15) is 19.2 Å². The van der Waals surface area contributed by atoms with Crippen LogP contribution in [-0.2, 0) is 14.3 Å². The summed E-state index contributed by atoms with van der Waals surface area (Å²) in [6.45, 7) is 0.542. The molecule has 0 aromatic heterocycles. The summed E-state index contributed by atoms with van der Waals surface area (Å²) >= 11 is 0. The SMILES string of the molecule is COC(=O)C(CCCCNC(=O)c1ccc(C=O)cc1)NC(=O)OCC1c2ccccc2-c2ccccc21. The molecule has 38 heavy (non-hydrogen) atoms. The highest BCUT2D eigenvalue weighted by Gasteiger charge is 2.29. The second-order valence-electron chi connectivity index (χ2n) is 9.04. The molecule has 3 aromatic carbocycles. The smallest absolute Gasteiger partial charge is 0.407 e. The normalized spacial score (nSPS) is 12.6. The van der Waals surface area contributed by atoms with Gasteiger partial charge in [0.15, 0.2) is 0 Å². The van der Waals surface area contributed by atoms with Gasteiger partial charge in [0.1, 0.15) is 18.9 Å². The summed E-state index contributed by atoms with van der Waals surface area (Å²) in [4.78, 5) is 47.8. The van der Waals surface area contributed by atoms with Crippen molar-refractivity contribution in [1.29, 1.82) is 0 Å². The first-order valence-electron chi connectivity index (χ1n) is 12.5. The molecule has 2 amide bonds. The zero-order chi connectivity index (χ0) is 26.9. The van der Waals surface area contributed by atoms with Gasteiger partial charge in [-0.05, 0) is 53.6 Å². The van der Waals surface area contributed by atoms with Crippen molar-refractivity contribution < 1.29 is 28.7 Å². The van der Waals surface area contributed by atoms with E-state index in [2.05, 4.69) is 22.8 Å². The van der Waals surface area contributed by atoms with E-state index in [1.807, 2.05) is 36.4 Å². The summed E-state index contributed by atoms with van der Waals surface area (Å²) in [5, 5.41) is 5.43. The first-order chi connectivity index (χ1) is 18.5. The summed E-state index contributed by atoms with van der Waals surface area (Å²) < 4.78 is 10.4. The van der Waals surface area contributed by atoms with Crippen molar-refractivity contribution in [3.05, 3.63) is 95.1 Å². The largest absolute Gasteiger partial charge is 0.467 e. The van der Waals surface area contributed by atoms with Crippen LogP contribution in [0.1, 0.15) is 57.0 Å². The molecule has 1 aliphatic carbocycles. The van der Waals surface area contributed by atoms with Crippen LogP contribution in [0, 0.1) is 0 Å². The van der Waals surface area contributed by atoms with Gasteiger partial charge >= 0.3 is 12.1 Å². The van der Waals surface area contributed by atoms with Crippen LogP contribution >= 0.6 is 0 Å². The Morgan fingerprint density at radius 2 is 1.53 bits per heavy atom. The molecule has 0 saturated heterocycles. The van der Waals surface area contributed by atoms with Crippen molar-refractivity contribution in [2.24, 2.45) is 0 Å². The number of hydrogen-bond donors (Lipinski definition) is 2. The van der Waals surface area contributed by atoms with Crippen LogP contribution < -0.4 is 10.6 Å². The van der Waals surface area contributed by atoms with Crippen LogP contribution in [-0.4, -0.2) is 50.6 Å². The van der Waals surface area contributed by atoms with E-state index in [0.717, 1.165) is 28.5 Å². The topological polar surface area (TPSA) is 111 Å². The van der Waals surface area contributed by atoms with Crippen molar-refractivity contribution in [3.63, 3.8) is 0 Å². The number of ether oxygens (including phenoxy) is 2. The molecular formula is C30H30N2O6. The van der Waals surface area contributed by atoms with Gasteiger partial charge in [0.05, 0.1) is 7.11 Å². The molecule has 3 aromatic rings. The monoisotopic (exact) mass is 514 g/mol. The van der Waals surface area contributed by atoms with E-state index in [1.54, 1.807) is 24.3 Å². The molecule has 8 heteroatoms. The summed E-state index contributed by atoms with van der Waals surface area (Å²) in [5.41, 5.74) is 5.43. The Labute approximate surface area is 221 Å². The van der Waals surface area contributed by atoms with Gasteiger partial charge in [0, 0.05) is 23.6 Å². The molecule has 0 aliphatic heterocycles.